The van der Waals surface area contributed by atoms with Crippen LogP contribution < -0.4 is 0 Å². The molecule has 0 saturated heterocycles. The lowest BCUT2D eigenvalue weighted by Gasteiger charge is -2.07. The van der Waals surface area contributed by atoms with Crippen LogP contribution in [0.1, 0.15) is 5.56 Å². The summed E-state index contributed by atoms with van der Waals surface area (Å²) in [6, 6.07) is 15.8. The average molecular weight is 313 g/mol. The van der Waals surface area contributed by atoms with Crippen molar-refractivity contribution in [1.29, 1.82) is 0 Å². The Bertz CT molecular complexity index is 925. The Morgan fingerprint density at radius 3 is 2.41 bits per heavy atom. The Balaban J connectivity index is 2.26. The van der Waals surface area contributed by atoms with Gasteiger partial charge in [0.05, 0.1) is 23.8 Å². The Labute approximate surface area is 129 Å². The molecule has 0 unspecified atom stereocenters. The molecule has 0 aliphatic rings. The first-order valence-electron chi connectivity index (χ1n) is 6.74. The molecule has 4 nitrogen and oxygen atoms in total. The van der Waals surface area contributed by atoms with Crippen molar-refractivity contribution in [3.63, 3.8) is 0 Å². The molecule has 112 valence electrons. The lowest BCUT2D eigenvalue weighted by atomic mass is 10.2. The number of para-hydroxylation sites is 1. The molecule has 1 heterocycles. The highest BCUT2D eigenvalue weighted by Gasteiger charge is 2.20. The lowest BCUT2D eigenvalue weighted by molar-refractivity contribution is 0.341. The molecule has 5 heteroatoms. The molecule has 0 amide bonds. The standard InChI is InChI=1S/C17H15NO3S/c1-21-12-11-14-13-18(17-10-6-5-9-16(14)17)22(19,20)15-7-3-2-4-8-15/h2-13H,1H3/b12-11-. The summed E-state index contributed by atoms with van der Waals surface area (Å²) in [6.45, 7) is 0. The fourth-order valence-electron chi connectivity index (χ4n) is 2.35. The number of nitrogens with zero attached hydrogens (tertiary/aromatic N) is 1. The minimum Gasteiger partial charge on any atom is -0.504 e. The molecule has 0 N–H and O–H groups in total. The van der Waals surface area contributed by atoms with E-state index in [2.05, 4.69) is 0 Å². The predicted octanol–water partition coefficient (Wildman–Crippen LogP) is 3.50. The van der Waals surface area contributed by atoms with E-state index in [1.807, 2.05) is 18.2 Å². The summed E-state index contributed by atoms with van der Waals surface area (Å²) < 4.78 is 31.9. The summed E-state index contributed by atoms with van der Waals surface area (Å²) in [4.78, 5) is 0.262. The van der Waals surface area contributed by atoms with Crippen molar-refractivity contribution >= 4 is 27.0 Å². The molecule has 0 spiro atoms. The van der Waals surface area contributed by atoms with E-state index in [1.54, 1.807) is 55.8 Å². The van der Waals surface area contributed by atoms with Gasteiger partial charge in [-0.3, -0.25) is 0 Å². The van der Waals surface area contributed by atoms with Gasteiger partial charge >= 0.3 is 0 Å². The minimum atomic E-state index is -3.63. The quantitative estimate of drug-likeness (QED) is 0.693. The average Bonchev–Trinajstić information content (AvgIpc) is 2.93. The van der Waals surface area contributed by atoms with Crippen LogP contribution in [0.15, 0.2) is 72.0 Å². The lowest BCUT2D eigenvalue weighted by Crippen LogP contribution is -2.11. The van der Waals surface area contributed by atoms with E-state index in [4.69, 9.17) is 4.74 Å². The van der Waals surface area contributed by atoms with E-state index in [1.165, 1.54) is 10.2 Å². The molecule has 22 heavy (non-hydrogen) atoms. The Hall–Kier alpha value is -2.53. The third-order valence-electron chi connectivity index (χ3n) is 3.39. The second-order valence-electron chi connectivity index (χ2n) is 4.75. The third-order valence-corrected chi connectivity index (χ3v) is 5.08. The number of hydrogen-bond donors (Lipinski definition) is 0. The second kappa shape index (κ2) is 5.69. The maximum absolute atomic E-state index is 12.8. The highest BCUT2D eigenvalue weighted by molar-refractivity contribution is 7.90. The summed E-state index contributed by atoms with van der Waals surface area (Å²) in [7, 11) is -2.08. The van der Waals surface area contributed by atoms with Crippen molar-refractivity contribution < 1.29 is 13.2 Å². The van der Waals surface area contributed by atoms with E-state index >= 15 is 0 Å². The molecule has 0 saturated carbocycles. The van der Waals surface area contributed by atoms with Crippen molar-refractivity contribution in [1.82, 2.24) is 3.97 Å². The number of aromatic nitrogens is 1. The van der Waals surface area contributed by atoms with E-state index in [9.17, 15) is 8.42 Å². The molecule has 2 aromatic carbocycles. The SMILES string of the molecule is CO/C=C\c1cn(S(=O)(=O)c2ccccc2)c2ccccc12. The number of fused-ring (bicyclic) bond motifs is 1. The third kappa shape index (κ3) is 2.40. The molecule has 0 bridgehead atoms. The number of ether oxygens (including phenoxy) is 1. The largest absolute Gasteiger partial charge is 0.504 e. The van der Waals surface area contributed by atoms with Crippen molar-refractivity contribution in [3.8, 4) is 0 Å². The van der Waals surface area contributed by atoms with Gasteiger partial charge in [-0.1, -0.05) is 36.4 Å². The molecule has 0 aliphatic carbocycles. The number of rotatable bonds is 4. The first-order chi connectivity index (χ1) is 10.6. The van der Waals surface area contributed by atoms with Crippen molar-refractivity contribution in [2.75, 3.05) is 7.11 Å². The van der Waals surface area contributed by atoms with Crippen molar-refractivity contribution in [2.24, 2.45) is 0 Å². The van der Waals surface area contributed by atoms with Crippen LogP contribution >= 0.6 is 0 Å². The van der Waals surface area contributed by atoms with E-state index in [0.717, 1.165) is 10.9 Å². The van der Waals surface area contributed by atoms with Crippen molar-refractivity contribution in [3.05, 3.63) is 72.6 Å². The first-order valence-corrected chi connectivity index (χ1v) is 8.18. The Kier molecular flexibility index (Phi) is 3.73. The van der Waals surface area contributed by atoms with Crippen LogP contribution in [-0.2, 0) is 14.8 Å². The molecule has 0 atom stereocenters. The first kappa shape index (κ1) is 14.4. The zero-order valence-electron chi connectivity index (χ0n) is 12.0. The van der Waals surface area contributed by atoms with Crippen LogP contribution in [0.4, 0.5) is 0 Å². The van der Waals surface area contributed by atoms with E-state index < -0.39 is 10.0 Å². The minimum absolute atomic E-state index is 0.262. The van der Waals surface area contributed by atoms with Gasteiger partial charge in [-0.05, 0) is 24.3 Å². The van der Waals surface area contributed by atoms with Gasteiger partial charge < -0.3 is 4.74 Å². The fraction of sp³-hybridized carbons (Fsp3) is 0.0588. The van der Waals surface area contributed by atoms with Crippen molar-refractivity contribution in [2.45, 2.75) is 4.90 Å². The molecule has 3 rings (SSSR count). The summed E-state index contributed by atoms with van der Waals surface area (Å²) >= 11 is 0. The summed E-state index contributed by atoms with van der Waals surface area (Å²) in [5, 5.41) is 0.857. The molecule has 3 aromatic rings. The summed E-state index contributed by atoms with van der Waals surface area (Å²) in [5.41, 5.74) is 1.43. The molecule has 0 fully saturated rings. The van der Waals surface area contributed by atoms with Crippen LogP contribution in [0.3, 0.4) is 0 Å². The van der Waals surface area contributed by atoms with Crippen LogP contribution in [0.25, 0.3) is 17.0 Å². The van der Waals surface area contributed by atoms with E-state index in [-0.39, 0.29) is 4.90 Å². The van der Waals surface area contributed by atoms with Gasteiger partial charge in [-0.25, -0.2) is 12.4 Å². The Morgan fingerprint density at radius 2 is 1.68 bits per heavy atom. The topological polar surface area (TPSA) is 48.3 Å². The second-order valence-corrected chi connectivity index (χ2v) is 6.57. The van der Waals surface area contributed by atoms with Gasteiger partial charge in [-0.15, -0.1) is 0 Å². The molecule has 0 radical (unpaired) electrons. The smallest absolute Gasteiger partial charge is 0.268 e. The van der Waals surface area contributed by atoms with Crippen LogP contribution in [0, 0.1) is 0 Å². The number of hydrogen-bond acceptors (Lipinski definition) is 3. The monoisotopic (exact) mass is 313 g/mol. The Morgan fingerprint density at radius 1 is 1.00 bits per heavy atom. The maximum Gasteiger partial charge on any atom is 0.268 e. The highest BCUT2D eigenvalue weighted by atomic mass is 32.2. The highest BCUT2D eigenvalue weighted by Crippen LogP contribution is 2.26. The number of methoxy groups -OCH3 is 1. The zero-order chi connectivity index (χ0) is 15.6. The van der Waals surface area contributed by atoms with E-state index in [0.29, 0.717) is 5.52 Å². The number of benzene rings is 2. The van der Waals surface area contributed by atoms with Crippen LogP contribution in [-0.4, -0.2) is 19.5 Å². The fourth-order valence-corrected chi connectivity index (χ4v) is 3.75. The van der Waals surface area contributed by atoms with Gasteiger partial charge in [0.15, 0.2) is 0 Å². The van der Waals surface area contributed by atoms with Gasteiger partial charge in [0.25, 0.3) is 10.0 Å². The summed E-state index contributed by atoms with van der Waals surface area (Å²) in [5.74, 6) is 0. The maximum atomic E-state index is 12.8. The molecule has 0 aliphatic heterocycles. The van der Waals surface area contributed by atoms with Gasteiger partial charge in [-0.2, -0.15) is 0 Å². The predicted molar refractivity (Wildman–Crippen MR) is 87.0 cm³/mol. The molecular formula is C17H15NO3S. The zero-order valence-corrected chi connectivity index (χ0v) is 12.8. The van der Waals surface area contributed by atoms with Gasteiger partial charge in [0.2, 0.25) is 0 Å². The summed E-state index contributed by atoms with van der Waals surface area (Å²) in [6.07, 6.45) is 4.89. The molecular weight excluding hydrogens is 298 g/mol. The normalized spacial score (nSPS) is 12.0. The molecule has 1 aromatic heterocycles. The van der Waals surface area contributed by atoms with Crippen LogP contribution in [0.5, 0.6) is 0 Å². The van der Waals surface area contributed by atoms with Gasteiger partial charge in [0, 0.05) is 17.1 Å². The van der Waals surface area contributed by atoms with Crippen LogP contribution in [0.2, 0.25) is 0 Å². The van der Waals surface area contributed by atoms with Gasteiger partial charge in [0.1, 0.15) is 0 Å².